The minimum Gasteiger partial charge on any atom is -0.367 e. The van der Waals surface area contributed by atoms with Crippen molar-refractivity contribution in [2.24, 2.45) is 0 Å². The Kier molecular flexibility index (Phi) is 6.71. The van der Waals surface area contributed by atoms with Gasteiger partial charge in [-0.3, -0.25) is 9.89 Å². The van der Waals surface area contributed by atoms with E-state index in [0.29, 0.717) is 17.2 Å². The van der Waals surface area contributed by atoms with Crippen LogP contribution in [0.2, 0.25) is 0 Å². The van der Waals surface area contributed by atoms with Crippen molar-refractivity contribution in [2.45, 2.75) is 51.0 Å². The first-order chi connectivity index (χ1) is 17.2. The molecule has 1 fully saturated rings. The lowest BCUT2D eigenvalue weighted by Gasteiger charge is -2.23. The van der Waals surface area contributed by atoms with Crippen LogP contribution in [0.5, 0.6) is 0 Å². The fraction of sp³-hybridized carbons (Fsp3) is 0.286. The van der Waals surface area contributed by atoms with Crippen LogP contribution in [0.25, 0.3) is 10.9 Å². The summed E-state index contributed by atoms with van der Waals surface area (Å²) in [6, 6.07) is 19.0. The van der Waals surface area contributed by atoms with Crippen molar-refractivity contribution in [1.29, 1.82) is 5.26 Å². The molecule has 1 aliphatic rings. The summed E-state index contributed by atoms with van der Waals surface area (Å²) in [5, 5.41) is 24.4. The van der Waals surface area contributed by atoms with Gasteiger partial charge in [0.15, 0.2) is 0 Å². The van der Waals surface area contributed by atoms with Gasteiger partial charge < -0.3 is 10.6 Å². The van der Waals surface area contributed by atoms with Crippen LogP contribution in [0.3, 0.4) is 0 Å². The minimum atomic E-state index is -0.233. The van der Waals surface area contributed by atoms with E-state index < -0.39 is 0 Å². The van der Waals surface area contributed by atoms with E-state index in [1.165, 1.54) is 32.1 Å². The number of aromatic nitrogens is 3. The van der Waals surface area contributed by atoms with Gasteiger partial charge in [0, 0.05) is 23.5 Å². The molecule has 1 aliphatic carbocycles. The summed E-state index contributed by atoms with van der Waals surface area (Å²) in [6.07, 6.45) is 9.70. The summed E-state index contributed by atoms with van der Waals surface area (Å²) in [5.74, 6) is 0.694. The average molecular weight is 465 g/mol. The van der Waals surface area contributed by atoms with E-state index in [1.807, 2.05) is 36.5 Å². The van der Waals surface area contributed by atoms with Gasteiger partial charge >= 0.3 is 0 Å². The number of nitrogens with one attached hydrogen (secondary N) is 3. The third kappa shape index (κ3) is 5.33. The number of nitrogens with zero attached hydrogens (tertiary/aromatic N) is 3. The molecule has 1 amide bonds. The Morgan fingerprint density at radius 1 is 1.06 bits per heavy atom. The molecule has 176 valence electrons. The zero-order chi connectivity index (χ0) is 24.0. The lowest BCUT2D eigenvalue weighted by atomic mass is 9.95. The Morgan fingerprint density at radius 3 is 2.69 bits per heavy atom. The van der Waals surface area contributed by atoms with Crippen molar-refractivity contribution in [1.82, 2.24) is 15.2 Å². The first-order valence-electron chi connectivity index (χ1n) is 12.2. The molecule has 0 saturated heterocycles. The van der Waals surface area contributed by atoms with Crippen molar-refractivity contribution < 1.29 is 4.79 Å². The second kappa shape index (κ2) is 10.4. The molecule has 0 aliphatic heterocycles. The van der Waals surface area contributed by atoms with Gasteiger partial charge in [0.05, 0.1) is 28.2 Å². The summed E-state index contributed by atoms with van der Waals surface area (Å²) in [6.45, 7) is 0. The van der Waals surface area contributed by atoms with E-state index in [1.54, 1.807) is 24.3 Å². The number of aromatic amines is 1. The molecular formula is C28H28N6O. The summed E-state index contributed by atoms with van der Waals surface area (Å²) in [4.78, 5) is 17.1. The van der Waals surface area contributed by atoms with Crippen LogP contribution in [-0.2, 0) is 12.8 Å². The van der Waals surface area contributed by atoms with Crippen LogP contribution in [0.1, 0.15) is 59.3 Å². The van der Waals surface area contributed by atoms with E-state index in [0.717, 1.165) is 46.5 Å². The van der Waals surface area contributed by atoms with Gasteiger partial charge in [0.25, 0.3) is 5.91 Å². The Morgan fingerprint density at radius 2 is 1.89 bits per heavy atom. The van der Waals surface area contributed by atoms with E-state index in [4.69, 9.17) is 5.26 Å². The monoisotopic (exact) mass is 464 g/mol. The molecule has 0 spiro atoms. The topological polar surface area (TPSA) is 106 Å². The highest BCUT2D eigenvalue weighted by Gasteiger charge is 2.17. The van der Waals surface area contributed by atoms with Crippen LogP contribution in [0, 0.1) is 11.3 Å². The van der Waals surface area contributed by atoms with E-state index in [-0.39, 0.29) is 5.91 Å². The Labute approximate surface area is 204 Å². The molecule has 35 heavy (non-hydrogen) atoms. The van der Waals surface area contributed by atoms with Gasteiger partial charge in [-0.05, 0) is 67.6 Å². The highest BCUT2D eigenvalue weighted by molar-refractivity contribution is 6.04. The average Bonchev–Trinajstić information content (AvgIpc) is 3.33. The number of anilines is 2. The maximum atomic E-state index is 12.5. The smallest absolute Gasteiger partial charge is 0.255 e. The van der Waals surface area contributed by atoms with Crippen molar-refractivity contribution in [3.8, 4) is 6.07 Å². The molecule has 7 nitrogen and oxygen atoms in total. The van der Waals surface area contributed by atoms with Crippen molar-refractivity contribution >= 4 is 28.3 Å². The molecule has 7 heteroatoms. The number of pyridine rings is 1. The Hall–Kier alpha value is -4.18. The van der Waals surface area contributed by atoms with Crippen LogP contribution in [0.4, 0.5) is 11.5 Å². The first kappa shape index (κ1) is 22.6. The number of carbonyl (C=O) groups excluding carboxylic acids is 1. The molecule has 3 N–H and O–H groups in total. The second-order valence-electron chi connectivity index (χ2n) is 9.08. The molecule has 2 heterocycles. The number of hydrogen-bond acceptors (Lipinski definition) is 5. The number of H-pyrrole nitrogens is 1. The van der Waals surface area contributed by atoms with Gasteiger partial charge in [0.1, 0.15) is 5.82 Å². The normalized spacial score (nSPS) is 13.9. The number of benzene rings is 2. The van der Waals surface area contributed by atoms with Gasteiger partial charge in [0.2, 0.25) is 0 Å². The maximum absolute atomic E-state index is 12.5. The first-order valence-corrected chi connectivity index (χ1v) is 12.2. The maximum Gasteiger partial charge on any atom is 0.255 e. The molecule has 0 atom stereocenters. The number of fused-ring (bicyclic) bond motifs is 1. The summed E-state index contributed by atoms with van der Waals surface area (Å²) in [7, 11) is 0. The van der Waals surface area contributed by atoms with Gasteiger partial charge in [-0.2, -0.15) is 10.4 Å². The second-order valence-corrected chi connectivity index (χ2v) is 9.08. The molecule has 0 unspecified atom stereocenters. The molecule has 2 aromatic heterocycles. The van der Waals surface area contributed by atoms with Crippen molar-refractivity contribution in [2.75, 3.05) is 10.6 Å². The molecular weight excluding hydrogens is 436 g/mol. The molecule has 1 saturated carbocycles. The third-order valence-corrected chi connectivity index (χ3v) is 6.61. The zero-order valence-electron chi connectivity index (χ0n) is 19.6. The number of amides is 1. The Balaban J connectivity index is 1.24. The van der Waals surface area contributed by atoms with E-state index >= 15 is 0 Å². The molecule has 5 rings (SSSR count). The fourth-order valence-corrected chi connectivity index (χ4v) is 4.71. The number of aryl methyl sites for hydroxylation is 2. The van der Waals surface area contributed by atoms with Gasteiger partial charge in [-0.25, -0.2) is 4.98 Å². The highest BCUT2D eigenvalue weighted by atomic mass is 16.1. The lowest BCUT2D eigenvalue weighted by molar-refractivity contribution is 0.102. The van der Waals surface area contributed by atoms with Gasteiger partial charge in [-0.15, -0.1) is 0 Å². The van der Waals surface area contributed by atoms with Crippen LogP contribution >= 0.6 is 0 Å². The van der Waals surface area contributed by atoms with Crippen molar-refractivity contribution in [3.63, 3.8) is 0 Å². The lowest BCUT2D eigenvalue weighted by Crippen LogP contribution is -2.23. The van der Waals surface area contributed by atoms with Crippen molar-refractivity contribution in [3.05, 3.63) is 83.2 Å². The summed E-state index contributed by atoms with van der Waals surface area (Å²) >= 11 is 0. The molecule has 2 aromatic carbocycles. The minimum absolute atomic E-state index is 0.233. The SMILES string of the molecule is N#Cc1cccc(C(=O)Nc2ccc(CCc3n[nH]c4ccnc(NC5CCCCC5)c34)cc2)c1. The van der Waals surface area contributed by atoms with E-state index in [2.05, 4.69) is 31.9 Å². The van der Waals surface area contributed by atoms with Crippen LogP contribution in [0.15, 0.2) is 60.8 Å². The predicted octanol–water partition coefficient (Wildman–Crippen LogP) is 5.61. The van der Waals surface area contributed by atoms with Crippen LogP contribution < -0.4 is 10.6 Å². The molecule has 4 aromatic rings. The largest absolute Gasteiger partial charge is 0.367 e. The standard InChI is InChI=1S/C28H28N6O/c29-18-20-5-4-6-21(17-20)28(35)32-23-12-9-19(10-13-23)11-14-24-26-25(34-33-24)15-16-30-27(26)31-22-7-2-1-3-8-22/h4-6,9-10,12-13,15-17,22H,1-3,7-8,11,14H2,(H,30,31)(H,32,35)(H,33,34). The fourth-order valence-electron chi connectivity index (χ4n) is 4.71. The molecule has 0 radical (unpaired) electrons. The number of rotatable bonds is 7. The number of hydrogen-bond donors (Lipinski definition) is 3. The third-order valence-electron chi connectivity index (χ3n) is 6.61. The quantitative estimate of drug-likeness (QED) is 0.329. The predicted molar refractivity (Wildman–Crippen MR) is 137 cm³/mol. The Bertz CT molecular complexity index is 1360. The van der Waals surface area contributed by atoms with E-state index in [9.17, 15) is 4.79 Å². The van der Waals surface area contributed by atoms with Crippen LogP contribution in [-0.4, -0.2) is 27.1 Å². The zero-order valence-corrected chi connectivity index (χ0v) is 19.6. The number of carbonyl (C=O) groups is 1. The summed E-state index contributed by atoms with van der Waals surface area (Å²) < 4.78 is 0. The highest BCUT2D eigenvalue weighted by Crippen LogP contribution is 2.28. The van der Waals surface area contributed by atoms with Gasteiger partial charge in [-0.1, -0.05) is 37.5 Å². The molecule has 0 bridgehead atoms. The summed E-state index contributed by atoms with van der Waals surface area (Å²) in [5.41, 5.74) is 4.83. The number of nitriles is 1.